The fourth-order valence-electron chi connectivity index (χ4n) is 2.06. The van der Waals surface area contributed by atoms with Crippen LogP contribution in [0.3, 0.4) is 0 Å². The molecule has 6 nitrogen and oxygen atoms in total. The average molecular weight is 316 g/mol. The van der Waals surface area contributed by atoms with Crippen molar-refractivity contribution in [2.75, 3.05) is 67.6 Å². The average Bonchev–Trinajstić information content (AvgIpc) is 2.52. The van der Waals surface area contributed by atoms with Gasteiger partial charge in [-0.1, -0.05) is 6.92 Å². The molecule has 0 aromatic heterocycles. The van der Waals surface area contributed by atoms with Gasteiger partial charge in [0.15, 0.2) is 5.96 Å². The lowest BCUT2D eigenvalue weighted by molar-refractivity contribution is 0.180. The predicted molar refractivity (Wildman–Crippen MR) is 95.7 cm³/mol. The van der Waals surface area contributed by atoms with Crippen molar-refractivity contribution in [1.29, 1.82) is 0 Å². The quantitative estimate of drug-likeness (QED) is 0.318. The highest BCUT2D eigenvalue weighted by Crippen LogP contribution is 1.97. The molecule has 0 rings (SSSR count). The molecule has 0 amide bonds. The van der Waals surface area contributed by atoms with Crippen molar-refractivity contribution in [2.24, 2.45) is 4.99 Å². The van der Waals surface area contributed by atoms with E-state index in [-0.39, 0.29) is 0 Å². The second kappa shape index (κ2) is 13.8. The second-order valence-electron chi connectivity index (χ2n) is 5.81. The third kappa shape index (κ3) is 10.8. The number of hydrogen-bond acceptors (Lipinski definition) is 4. The molecule has 0 heterocycles. The van der Waals surface area contributed by atoms with E-state index in [0.717, 1.165) is 51.7 Å². The molecule has 0 fully saturated rings. The molecule has 1 atom stereocenters. The second-order valence-corrected chi connectivity index (χ2v) is 5.81. The number of aliphatic imine (C=N–C) groups is 1. The number of ether oxygens (including phenoxy) is 1. The molecule has 0 aromatic carbocycles. The number of guanidine groups is 1. The van der Waals surface area contributed by atoms with Gasteiger partial charge in [-0.25, -0.2) is 0 Å². The zero-order valence-corrected chi connectivity index (χ0v) is 15.5. The maximum atomic E-state index is 5.07. The summed E-state index contributed by atoms with van der Waals surface area (Å²) in [5.41, 5.74) is 0. The van der Waals surface area contributed by atoms with Crippen molar-refractivity contribution in [3.05, 3.63) is 0 Å². The van der Waals surface area contributed by atoms with Gasteiger partial charge in [-0.3, -0.25) is 4.99 Å². The molecular weight excluding hydrogens is 278 g/mol. The summed E-state index contributed by atoms with van der Waals surface area (Å²) in [6.07, 6.45) is 2.25. The van der Waals surface area contributed by atoms with Crippen LogP contribution in [-0.4, -0.2) is 89.4 Å². The molecule has 0 saturated heterocycles. The molecule has 0 bridgehead atoms. The lowest BCUT2D eigenvalue weighted by atomic mass is 10.2. The van der Waals surface area contributed by atoms with Gasteiger partial charge in [0.05, 0.1) is 0 Å². The zero-order valence-electron chi connectivity index (χ0n) is 15.5. The third-order valence-corrected chi connectivity index (χ3v) is 4.00. The van der Waals surface area contributed by atoms with Crippen LogP contribution < -0.4 is 10.6 Å². The molecule has 0 radical (unpaired) electrons. The Morgan fingerprint density at radius 1 is 1.14 bits per heavy atom. The maximum Gasteiger partial charge on any atom is 0.191 e. The highest BCUT2D eigenvalue weighted by atomic mass is 16.5. The number of nitrogens with zero attached hydrogens (tertiary/aromatic N) is 3. The van der Waals surface area contributed by atoms with E-state index in [1.165, 1.54) is 6.42 Å². The van der Waals surface area contributed by atoms with Gasteiger partial charge in [0.25, 0.3) is 0 Å². The van der Waals surface area contributed by atoms with Crippen molar-refractivity contribution in [3.8, 4) is 0 Å². The van der Waals surface area contributed by atoms with Crippen LogP contribution in [0.4, 0.5) is 0 Å². The van der Waals surface area contributed by atoms with Gasteiger partial charge in [-0.05, 0) is 33.9 Å². The van der Waals surface area contributed by atoms with E-state index >= 15 is 0 Å². The zero-order chi connectivity index (χ0) is 16.8. The molecular formula is C16H37N5O. The summed E-state index contributed by atoms with van der Waals surface area (Å²) < 4.78 is 5.07. The van der Waals surface area contributed by atoms with E-state index in [4.69, 9.17) is 4.74 Å². The van der Waals surface area contributed by atoms with Gasteiger partial charge < -0.3 is 25.2 Å². The highest BCUT2D eigenvalue weighted by molar-refractivity contribution is 5.79. The first-order chi connectivity index (χ1) is 10.5. The summed E-state index contributed by atoms with van der Waals surface area (Å²) in [6, 6.07) is 0.623. The van der Waals surface area contributed by atoms with Gasteiger partial charge in [0.1, 0.15) is 0 Å². The Kier molecular flexibility index (Phi) is 13.3. The Hall–Kier alpha value is -0.850. The summed E-state index contributed by atoms with van der Waals surface area (Å²) in [5, 5.41) is 6.72. The molecule has 132 valence electrons. The molecule has 0 aliphatic rings. The van der Waals surface area contributed by atoms with Crippen LogP contribution in [0.2, 0.25) is 0 Å². The third-order valence-electron chi connectivity index (χ3n) is 4.00. The monoisotopic (exact) mass is 315 g/mol. The summed E-state index contributed by atoms with van der Waals surface area (Å²) in [6.45, 7) is 10.2. The normalized spacial score (nSPS) is 13.7. The van der Waals surface area contributed by atoms with Gasteiger partial charge in [-0.15, -0.1) is 0 Å². The molecule has 6 heteroatoms. The van der Waals surface area contributed by atoms with Crippen LogP contribution >= 0.6 is 0 Å². The lowest BCUT2D eigenvalue weighted by Gasteiger charge is -2.24. The van der Waals surface area contributed by atoms with Crippen molar-refractivity contribution in [2.45, 2.75) is 32.7 Å². The van der Waals surface area contributed by atoms with Crippen LogP contribution in [-0.2, 0) is 4.74 Å². The first kappa shape index (κ1) is 21.1. The number of rotatable bonds is 12. The predicted octanol–water partition coefficient (Wildman–Crippen LogP) is 0.850. The summed E-state index contributed by atoms with van der Waals surface area (Å²) >= 11 is 0. The van der Waals surface area contributed by atoms with E-state index in [1.807, 2.05) is 7.05 Å². The molecule has 0 saturated carbocycles. The molecule has 0 aliphatic carbocycles. The Morgan fingerprint density at radius 2 is 1.77 bits per heavy atom. The Labute approximate surface area is 137 Å². The molecule has 0 spiro atoms. The fraction of sp³-hybridized carbons (Fsp3) is 0.938. The van der Waals surface area contributed by atoms with Crippen molar-refractivity contribution >= 4 is 5.96 Å². The first-order valence-corrected chi connectivity index (χ1v) is 8.37. The highest BCUT2D eigenvalue weighted by Gasteiger charge is 2.06. The van der Waals surface area contributed by atoms with Crippen LogP contribution in [0.5, 0.6) is 0 Å². The molecule has 2 N–H and O–H groups in total. The minimum Gasteiger partial charge on any atom is -0.385 e. The molecule has 0 aromatic rings. The van der Waals surface area contributed by atoms with E-state index in [1.54, 1.807) is 7.11 Å². The fourth-order valence-corrected chi connectivity index (χ4v) is 2.06. The topological polar surface area (TPSA) is 52.1 Å². The Bertz CT molecular complexity index is 286. The number of methoxy groups -OCH3 is 1. The smallest absolute Gasteiger partial charge is 0.191 e. The van der Waals surface area contributed by atoms with Gasteiger partial charge >= 0.3 is 0 Å². The summed E-state index contributed by atoms with van der Waals surface area (Å²) in [4.78, 5) is 8.93. The van der Waals surface area contributed by atoms with E-state index in [2.05, 4.69) is 53.4 Å². The lowest BCUT2D eigenvalue weighted by Crippen LogP contribution is -2.44. The van der Waals surface area contributed by atoms with Crippen LogP contribution in [0.25, 0.3) is 0 Å². The van der Waals surface area contributed by atoms with Crippen molar-refractivity contribution < 1.29 is 4.74 Å². The Balaban J connectivity index is 3.76. The molecule has 22 heavy (non-hydrogen) atoms. The largest absolute Gasteiger partial charge is 0.385 e. The summed E-state index contributed by atoms with van der Waals surface area (Å²) in [5.74, 6) is 0.878. The van der Waals surface area contributed by atoms with Gasteiger partial charge in [0.2, 0.25) is 0 Å². The minimum atomic E-state index is 0.623. The molecule has 0 aliphatic heterocycles. The Morgan fingerprint density at radius 3 is 2.32 bits per heavy atom. The first-order valence-electron chi connectivity index (χ1n) is 8.37. The SMILES string of the molecule is CCC(C)N(C)CCNC(=NC)NCCN(C)CCCOC. The van der Waals surface area contributed by atoms with Gasteiger partial charge in [-0.2, -0.15) is 0 Å². The van der Waals surface area contributed by atoms with Crippen LogP contribution in [0.1, 0.15) is 26.7 Å². The number of likely N-dealkylation sites (N-methyl/N-ethyl adjacent to an activating group) is 2. The molecule has 1 unspecified atom stereocenters. The standard InChI is InChI=1S/C16H37N5O/c1-7-15(2)21(5)13-10-19-16(17-3)18-9-12-20(4)11-8-14-22-6/h15H,7-14H2,1-6H3,(H2,17,18,19). The van der Waals surface area contributed by atoms with Crippen LogP contribution in [0.15, 0.2) is 4.99 Å². The van der Waals surface area contributed by atoms with Crippen molar-refractivity contribution in [1.82, 2.24) is 20.4 Å². The summed E-state index contributed by atoms with van der Waals surface area (Å²) in [7, 11) is 7.86. The number of hydrogen-bond donors (Lipinski definition) is 2. The van der Waals surface area contributed by atoms with Crippen LogP contribution in [0, 0.1) is 0 Å². The van der Waals surface area contributed by atoms with Gasteiger partial charge in [0, 0.05) is 59.5 Å². The number of nitrogens with one attached hydrogen (secondary N) is 2. The maximum absolute atomic E-state index is 5.07. The van der Waals surface area contributed by atoms with E-state index in [0.29, 0.717) is 6.04 Å². The van der Waals surface area contributed by atoms with E-state index in [9.17, 15) is 0 Å². The van der Waals surface area contributed by atoms with E-state index < -0.39 is 0 Å². The van der Waals surface area contributed by atoms with Crippen molar-refractivity contribution in [3.63, 3.8) is 0 Å². The minimum absolute atomic E-state index is 0.623.